The standard InChI is InChI=1S/C13H17NOS2/c1-14-12(16)13(9-5-6-10-17(13)15)11-7-3-2-4-8-11/h2-4,7-8H,5-6,9-10H2,1H3,(H,14,16)/t13-,17-/m1/s1. The third-order valence-electron chi connectivity index (χ3n) is 3.33. The number of hydrogen-bond acceptors (Lipinski definition) is 2. The second kappa shape index (κ2) is 5.27. The Morgan fingerprint density at radius 3 is 2.65 bits per heavy atom. The highest BCUT2D eigenvalue weighted by molar-refractivity contribution is 7.90. The van der Waals surface area contributed by atoms with E-state index in [1.165, 1.54) is 0 Å². The van der Waals surface area contributed by atoms with Crippen molar-refractivity contribution in [1.29, 1.82) is 0 Å². The molecule has 1 aliphatic heterocycles. The third-order valence-corrected chi connectivity index (χ3v) is 6.09. The van der Waals surface area contributed by atoms with Gasteiger partial charge in [-0.05, 0) is 18.4 Å². The monoisotopic (exact) mass is 267 g/mol. The van der Waals surface area contributed by atoms with Crippen molar-refractivity contribution in [3.8, 4) is 0 Å². The lowest BCUT2D eigenvalue weighted by atomic mass is 9.91. The van der Waals surface area contributed by atoms with Gasteiger partial charge in [-0.25, -0.2) is 0 Å². The predicted octanol–water partition coefficient (Wildman–Crippen LogP) is 2.36. The van der Waals surface area contributed by atoms with Crippen LogP contribution in [0.3, 0.4) is 0 Å². The molecular formula is C13H17NOS2. The highest BCUT2D eigenvalue weighted by Crippen LogP contribution is 2.38. The van der Waals surface area contributed by atoms with Crippen molar-refractivity contribution in [2.75, 3.05) is 12.8 Å². The van der Waals surface area contributed by atoms with Crippen molar-refractivity contribution in [3.05, 3.63) is 35.9 Å². The van der Waals surface area contributed by atoms with Crippen molar-refractivity contribution >= 4 is 28.0 Å². The lowest BCUT2D eigenvalue weighted by molar-refractivity contribution is 0.574. The minimum absolute atomic E-state index is 0.469. The largest absolute Gasteiger partial charge is 0.381 e. The number of rotatable bonds is 2. The van der Waals surface area contributed by atoms with Crippen molar-refractivity contribution in [1.82, 2.24) is 5.32 Å². The molecule has 0 unspecified atom stereocenters. The topological polar surface area (TPSA) is 29.1 Å². The molecule has 1 fully saturated rings. The molecule has 17 heavy (non-hydrogen) atoms. The smallest absolute Gasteiger partial charge is 0.121 e. The van der Waals surface area contributed by atoms with Crippen LogP contribution in [0.25, 0.3) is 0 Å². The summed E-state index contributed by atoms with van der Waals surface area (Å²) in [5.41, 5.74) is 1.08. The Hall–Kier alpha value is -0.740. The summed E-state index contributed by atoms with van der Waals surface area (Å²) in [5.74, 6) is 0.747. The number of hydrogen-bond donors (Lipinski definition) is 1. The molecule has 0 spiro atoms. The van der Waals surface area contributed by atoms with E-state index in [4.69, 9.17) is 12.2 Å². The molecule has 2 nitrogen and oxygen atoms in total. The zero-order valence-corrected chi connectivity index (χ0v) is 11.6. The van der Waals surface area contributed by atoms with E-state index in [9.17, 15) is 4.21 Å². The van der Waals surface area contributed by atoms with Crippen LogP contribution in [0.4, 0.5) is 0 Å². The van der Waals surface area contributed by atoms with Gasteiger partial charge in [-0.15, -0.1) is 0 Å². The highest BCUT2D eigenvalue weighted by Gasteiger charge is 2.43. The van der Waals surface area contributed by atoms with E-state index < -0.39 is 15.5 Å². The fourth-order valence-electron chi connectivity index (χ4n) is 2.43. The van der Waals surface area contributed by atoms with Crippen LogP contribution in [0.2, 0.25) is 0 Å². The predicted molar refractivity (Wildman–Crippen MR) is 76.6 cm³/mol. The molecule has 1 saturated heterocycles. The molecule has 0 bridgehead atoms. The number of nitrogens with one attached hydrogen (secondary N) is 1. The minimum Gasteiger partial charge on any atom is -0.381 e. The summed E-state index contributed by atoms with van der Waals surface area (Å²) in [6.45, 7) is 0. The summed E-state index contributed by atoms with van der Waals surface area (Å²) in [7, 11) is 0.897. The molecule has 1 N–H and O–H groups in total. The Balaban J connectivity index is 2.50. The Labute approximate surface area is 110 Å². The van der Waals surface area contributed by atoms with E-state index in [2.05, 4.69) is 5.32 Å². The van der Waals surface area contributed by atoms with E-state index >= 15 is 0 Å². The summed E-state index contributed by atoms with van der Waals surface area (Å²) in [4.78, 5) is 0.710. The van der Waals surface area contributed by atoms with Gasteiger partial charge in [0.2, 0.25) is 0 Å². The first-order chi connectivity index (χ1) is 8.21. The SMILES string of the molecule is CNC(=S)[C@]1(c2ccccc2)CCCC[S@]1=O. The molecule has 4 heteroatoms. The third kappa shape index (κ3) is 2.16. The van der Waals surface area contributed by atoms with Crippen molar-refractivity contribution in [3.63, 3.8) is 0 Å². The first-order valence-electron chi connectivity index (χ1n) is 5.88. The minimum atomic E-state index is -0.921. The van der Waals surface area contributed by atoms with Gasteiger partial charge in [0.25, 0.3) is 0 Å². The Morgan fingerprint density at radius 1 is 1.35 bits per heavy atom. The number of likely N-dealkylation sites (N-methyl/N-ethyl adjacent to an activating group) is 1. The lowest BCUT2D eigenvalue weighted by Crippen LogP contribution is -2.47. The Bertz CT molecular complexity index is 422. The second-order valence-corrected chi connectivity index (χ2v) is 6.48. The summed E-state index contributed by atoms with van der Waals surface area (Å²) in [5, 5.41) is 3.04. The molecule has 0 saturated carbocycles. The summed E-state index contributed by atoms with van der Waals surface area (Å²) in [6.07, 6.45) is 3.00. The van der Waals surface area contributed by atoms with Gasteiger partial charge in [0.05, 0.1) is 4.99 Å². The molecule has 1 aliphatic rings. The maximum Gasteiger partial charge on any atom is 0.121 e. The second-order valence-electron chi connectivity index (χ2n) is 4.28. The fourth-order valence-corrected chi connectivity index (χ4v) is 4.82. The number of thiocarbonyl (C=S) groups is 1. The van der Waals surface area contributed by atoms with Gasteiger partial charge < -0.3 is 5.32 Å². The average Bonchev–Trinajstić information content (AvgIpc) is 2.39. The van der Waals surface area contributed by atoms with Crippen LogP contribution in [0, 0.1) is 0 Å². The van der Waals surface area contributed by atoms with Gasteiger partial charge in [0.1, 0.15) is 4.75 Å². The van der Waals surface area contributed by atoms with Crippen LogP contribution in [0.1, 0.15) is 24.8 Å². The lowest BCUT2D eigenvalue weighted by Gasteiger charge is -2.37. The summed E-state index contributed by atoms with van der Waals surface area (Å²) in [6, 6.07) is 10.0. The van der Waals surface area contributed by atoms with E-state index in [1.54, 1.807) is 0 Å². The van der Waals surface area contributed by atoms with Gasteiger partial charge in [-0.2, -0.15) is 0 Å². The molecule has 0 amide bonds. The molecule has 92 valence electrons. The van der Waals surface area contributed by atoms with Crippen LogP contribution in [-0.4, -0.2) is 22.0 Å². The number of benzene rings is 1. The maximum absolute atomic E-state index is 12.5. The molecular weight excluding hydrogens is 250 g/mol. The zero-order chi connectivity index (χ0) is 12.3. The molecule has 0 radical (unpaired) electrons. The van der Waals surface area contributed by atoms with E-state index in [1.807, 2.05) is 37.4 Å². The molecule has 2 rings (SSSR count). The van der Waals surface area contributed by atoms with Crippen molar-refractivity contribution in [2.45, 2.75) is 24.0 Å². The first-order valence-corrected chi connectivity index (χ1v) is 7.61. The normalized spacial score (nSPS) is 28.6. The zero-order valence-electron chi connectivity index (χ0n) is 9.94. The Morgan fingerprint density at radius 2 is 2.06 bits per heavy atom. The fraction of sp³-hybridized carbons (Fsp3) is 0.462. The van der Waals surface area contributed by atoms with Crippen molar-refractivity contribution in [2.24, 2.45) is 0 Å². The quantitative estimate of drug-likeness (QED) is 0.834. The molecule has 0 aromatic heterocycles. The first kappa shape index (κ1) is 12.7. The van der Waals surface area contributed by atoms with Gasteiger partial charge in [0, 0.05) is 23.6 Å². The average molecular weight is 267 g/mol. The van der Waals surface area contributed by atoms with Crippen LogP contribution in [0.15, 0.2) is 30.3 Å². The van der Waals surface area contributed by atoms with Gasteiger partial charge in [-0.1, -0.05) is 49.0 Å². The van der Waals surface area contributed by atoms with Crippen LogP contribution >= 0.6 is 12.2 Å². The molecule has 1 heterocycles. The van der Waals surface area contributed by atoms with Gasteiger partial charge in [0.15, 0.2) is 0 Å². The van der Waals surface area contributed by atoms with E-state index in [-0.39, 0.29) is 0 Å². The van der Waals surface area contributed by atoms with Gasteiger partial charge in [-0.3, -0.25) is 4.21 Å². The highest BCUT2D eigenvalue weighted by atomic mass is 32.2. The molecule has 0 aliphatic carbocycles. The van der Waals surface area contributed by atoms with Gasteiger partial charge >= 0.3 is 0 Å². The van der Waals surface area contributed by atoms with Crippen LogP contribution in [0.5, 0.6) is 0 Å². The van der Waals surface area contributed by atoms with E-state index in [0.29, 0.717) is 4.99 Å². The van der Waals surface area contributed by atoms with Crippen molar-refractivity contribution < 1.29 is 4.21 Å². The molecule has 2 atom stereocenters. The van der Waals surface area contributed by atoms with Crippen LogP contribution < -0.4 is 5.32 Å². The molecule has 1 aromatic rings. The van der Waals surface area contributed by atoms with Crippen LogP contribution in [-0.2, 0) is 15.5 Å². The summed E-state index contributed by atoms with van der Waals surface area (Å²) < 4.78 is 12.0. The summed E-state index contributed by atoms with van der Waals surface area (Å²) >= 11 is 5.44. The Kier molecular flexibility index (Phi) is 3.94. The maximum atomic E-state index is 12.5. The van der Waals surface area contributed by atoms with E-state index in [0.717, 1.165) is 30.6 Å². The molecule has 1 aromatic carbocycles.